The molecule has 3 aliphatic carbocycles. The molecule has 158 valence electrons. The van der Waals surface area contributed by atoms with Crippen LogP contribution in [0.15, 0.2) is 49.1 Å². The fourth-order valence-corrected chi connectivity index (χ4v) is 5.87. The van der Waals surface area contributed by atoms with Gasteiger partial charge < -0.3 is 4.74 Å². The Kier molecular flexibility index (Phi) is 7.16. The van der Waals surface area contributed by atoms with Gasteiger partial charge in [-0.1, -0.05) is 50.1 Å². The van der Waals surface area contributed by atoms with Crippen molar-refractivity contribution in [3.05, 3.63) is 54.6 Å². The van der Waals surface area contributed by atoms with Crippen LogP contribution in [0.5, 0.6) is 5.75 Å². The van der Waals surface area contributed by atoms with Crippen molar-refractivity contribution in [2.45, 2.75) is 77.0 Å². The van der Waals surface area contributed by atoms with E-state index in [2.05, 4.69) is 56.0 Å². The molecule has 2 unspecified atom stereocenters. The van der Waals surface area contributed by atoms with Crippen LogP contribution in [0.2, 0.25) is 0 Å². The van der Waals surface area contributed by atoms with Crippen molar-refractivity contribution in [2.75, 3.05) is 6.61 Å². The third-order valence-corrected chi connectivity index (χ3v) is 8.09. The third-order valence-electron chi connectivity index (χ3n) is 8.09. The molecule has 4 rings (SSSR count). The normalized spacial score (nSPS) is 35.2. The van der Waals surface area contributed by atoms with Gasteiger partial charge in [-0.2, -0.15) is 0 Å². The maximum Gasteiger partial charge on any atom is 0.119 e. The van der Waals surface area contributed by atoms with Gasteiger partial charge in [-0.05, 0) is 98.7 Å². The highest BCUT2D eigenvalue weighted by Gasteiger charge is 2.27. The molecule has 1 aromatic carbocycles. The number of hydrogen-bond donors (Lipinski definition) is 0. The van der Waals surface area contributed by atoms with Gasteiger partial charge in [0.2, 0.25) is 0 Å². The Morgan fingerprint density at radius 2 is 1.59 bits per heavy atom. The molecule has 0 amide bonds. The second-order valence-corrected chi connectivity index (χ2v) is 10.1. The predicted molar refractivity (Wildman–Crippen MR) is 123 cm³/mol. The summed E-state index contributed by atoms with van der Waals surface area (Å²) in [7, 11) is 0. The first kappa shape index (κ1) is 20.8. The molecule has 3 aliphatic rings. The molecule has 0 N–H and O–H groups in total. The second-order valence-electron chi connectivity index (χ2n) is 10.1. The summed E-state index contributed by atoms with van der Waals surface area (Å²) in [5, 5.41) is 0. The largest absolute Gasteiger partial charge is 0.493 e. The van der Waals surface area contributed by atoms with E-state index < -0.39 is 0 Å². The first-order valence-corrected chi connectivity index (χ1v) is 12.2. The van der Waals surface area contributed by atoms with Crippen molar-refractivity contribution in [3.8, 4) is 5.75 Å². The average molecular weight is 393 g/mol. The van der Waals surface area contributed by atoms with Gasteiger partial charge in [0.05, 0.1) is 6.61 Å². The molecule has 0 aliphatic heterocycles. The van der Waals surface area contributed by atoms with E-state index in [-0.39, 0.29) is 0 Å². The summed E-state index contributed by atoms with van der Waals surface area (Å²) < 4.78 is 6.15. The Balaban J connectivity index is 1.22. The topological polar surface area (TPSA) is 9.23 Å². The minimum atomic E-state index is 0.586. The molecule has 2 saturated carbocycles. The Morgan fingerprint density at radius 3 is 2.21 bits per heavy atom. The standard InChI is InChI=1S/C28H40O/c1-3-22-6-12-25(13-7-22)27-16-18-28(19-17-27)29-20-23-8-14-26(15-9-23)24-10-4-21(2)5-11-24/h3,8,14,16-19,21-26H,1,4-7,9-13,15,20H2,2H3. The molecule has 1 nitrogen and oxygen atoms in total. The van der Waals surface area contributed by atoms with E-state index in [1.807, 2.05) is 0 Å². The van der Waals surface area contributed by atoms with Gasteiger partial charge in [0, 0.05) is 5.92 Å². The van der Waals surface area contributed by atoms with Gasteiger partial charge in [0.1, 0.15) is 5.75 Å². The van der Waals surface area contributed by atoms with Crippen LogP contribution in [-0.2, 0) is 0 Å². The van der Waals surface area contributed by atoms with Crippen molar-refractivity contribution in [1.29, 1.82) is 0 Å². The van der Waals surface area contributed by atoms with Gasteiger partial charge in [0.15, 0.2) is 0 Å². The van der Waals surface area contributed by atoms with Crippen LogP contribution in [0.25, 0.3) is 0 Å². The minimum Gasteiger partial charge on any atom is -0.493 e. The van der Waals surface area contributed by atoms with E-state index in [9.17, 15) is 0 Å². The highest BCUT2D eigenvalue weighted by atomic mass is 16.5. The van der Waals surface area contributed by atoms with Crippen molar-refractivity contribution in [2.24, 2.45) is 29.6 Å². The van der Waals surface area contributed by atoms with Gasteiger partial charge >= 0.3 is 0 Å². The Hall–Kier alpha value is -1.50. The third kappa shape index (κ3) is 5.56. The van der Waals surface area contributed by atoms with Crippen LogP contribution >= 0.6 is 0 Å². The molecule has 0 aromatic heterocycles. The molecular formula is C28H40O. The lowest BCUT2D eigenvalue weighted by atomic mass is 9.72. The summed E-state index contributed by atoms with van der Waals surface area (Å²) in [6.07, 6.45) is 20.7. The van der Waals surface area contributed by atoms with Crippen LogP contribution in [0.4, 0.5) is 0 Å². The van der Waals surface area contributed by atoms with Gasteiger partial charge in [-0.3, -0.25) is 0 Å². The molecule has 0 bridgehead atoms. The molecule has 0 heterocycles. The summed E-state index contributed by atoms with van der Waals surface area (Å²) in [6, 6.07) is 8.97. The zero-order valence-electron chi connectivity index (χ0n) is 18.4. The lowest BCUT2D eigenvalue weighted by Crippen LogP contribution is -2.23. The molecule has 29 heavy (non-hydrogen) atoms. The van der Waals surface area contributed by atoms with Crippen molar-refractivity contribution in [1.82, 2.24) is 0 Å². The number of rotatable bonds is 6. The number of ether oxygens (including phenoxy) is 1. The predicted octanol–water partition coefficient (Wildman–Crippen LogP) is 7.93. The van der Waals surface area contributed by atoms with E-state index in [0.717, 1.165) is 41.9 Å². The van der Waals surface area contributed by atoms with E-state index in [4.69, 9.17) is 4.74 Å². The zero-order valence-corrected chi connectivity index (χ0v) is 18.4. The quantitative estimate of drug-likeness (QED) is 0.446. The molecule has 0 spiro atoms. The molecule has 0 radical (unpaired) electrons. The lowest BCUT2D eigenvalue weighted by Gasteiger charge is -2.34. The summed E-state index contributed by atoms with van der Waals surface area (Å²) in [5.41, 5.74) is 1.49. The van der Waals surface area contributed by atoms with Crippen molar-refractivity contribution in [3.63, 3.8) is 0 Å². The van der Waals surface area contributed by atoms with Crippen molar-refractivity contribution >= 4 is 0 Å². The second kappa shape index (κ2) is 10.0. The average Bonchev–Trinajstić information content (AvgIpc) is 2.79. The van der Waals surface area contributed by atoms with Crippen LogP contribution < -0.4 is 4.74 Å². The number of hydrogen-bond acceptors (Lipinski definition) is 1. The number of allylic oxidation sites excluding steroid dienone is 2. The molecular weight excluding hydrogens is 352 g/mol. The van der Waals surface area contributed by atoms with E-state index in [1.54, 1.807) is 0 Å². The Morgan fingerprint density at radius 1 is 0.862 bits per heavy atom. The summed E-state index contributed by atoms with van der Waals surface area (Å²) in [4.78, 5) is 0. The smallest absolute Gasteiger partial charge is 0.119 e. The number of benzene rings is 1. The highest BCUT2D eigenvalue weighted by molar-refractivity contribution is 5.30. The van der Waals surface area contributed by atoms with E-state index >= 15 is 0 Å². The summed E-state index contributed by atoms with van der Waals surface area (Å²) in [6.45, 7) is 7.21. The molecule has 1 aromatic rings. The Labute approximate surface area is 178 Å². The van der Waals surface area contributed by atoms with E-state index in [0.29, 0.717) is 5.92 Å². The van der Waals surface area contributed by atoms with Crippen LogP contribution in [-0.4, -0.2) is 6.61 Å². The highest BCUT2D eigenvalue weighted by Crippen LogP contribution is 2.39. The molecule has 2 atom stereocenters. The lowest BCUT2D eigenvalue weighted by molar-refractivity contribution is 0.204. The fourth-order valence-electron chi connectivity index (χ4n) is 5.87. The van der Waals surface area contributed by atoms with Gasteiger partial charge in [0.25, 0.3) is 0 Å². The Bertz CT molecular complexity index is 656. The van der Waals surface area contributed by atoms with Crippen LogP contribution in [0.1, 0.15) is 82.6 Å². The first-order chi connectivity index (χ1) is 14.2. The van der Waals surface area contributed by atoms with E-state index in [1.165, 1.54) is 69.8 Å². The SMILES string of the molecule is C=CC1CCC(c2ccc(OCC3C=CC(C4CCC(C)CC4)CC3)cc2)CC1. The monoisotopic (exact) mass is 392 g/mol. The molecule has 2 fully saturated rings. The summed E-state index contributed by atoms with van der Waals surface area (Å²) in [5.74, 6) is 5.80. The zero-order chi connectivity index (χ0) is 20.1. The van der Waals surface area contributed by atoms with Gasteiger partial charge in [-0.15, -0.1) is 6.58 Å². The van der Waals surface area contributed by atoms with Gasteiger partial charge in [-0.25, -0.2) is 0 Å². The van der Waals surface area contributed by atoms with Crippen LogP contribution in [0.3, 0.4) is 0 Å². The molecule has 0 saturated heterocycles. The van der Waals surface area contributed by atoms with Crippen LogP contribution in [0, 0.1) is 29.6 Å². The maximum atomic E-state index is 6.15. The first-order valence-electron chi connectivity index (χ1n) is 12.2. The maximum absolute atomic E-state index is 6.15. The van der Waals surface area contributed by atoms with Crippen molar-refractivity contribution < 1.29 is 4.74 Å². The molecule has 1 heteroatoms. The minimum absolute atomic E-state index is 0.586. The summed E-state index contributed by atoms with van der Waals surface area (Å²) >= 11 is 0. The fraction of sp³-hybridized carbons (Fsp3) is 0.643.